The van der Waals surface area contributed by atoms with E-state index in [4.69, 9.17) is 0 Å². The molecular weight excluding hydrogens is 218 g/mol. The second-order valence-corrected chi connectivity index (χ2v) is 8.49. The van der Waals surface area contributed by atoms with Crippen molar-refractivity contribution in [1.82, 2.24) is 4.90 Å². The Morgan fingerprint density at radius 3 is 1.50 bits per heavy atom. The van der Waals surface area contributed by atoms with Gasteiger partial charge in [-0.3, -0.25) is 4.90 Å². The highest BCUT2D eigenvalue weighted by Crippen LogP contribution is 2.60. The molecule has 0 amide bonds. The lowest BCUT2D eigenvalue weighted by Crippen LogP contribution is -2.50. The molecule has 0 spiro atoms. The lowest BCUT2D eigenvalue weighted by Gasteiger charge is -2.45. The molecule has 0 aromatic carbocycles. The number of hydrogen-bond acceptors (Lipinski definition) is 1. The van der Waals surface area contributed by atoms with Crippen molar-refractivity contribution >= 4 is 0 Å². The highest BCUT2D eigenvalue weighted by atomic mass is 15.3. The Balaban J connectivity index is 2.39. The van der Waals surface area contributed by atoms with E-state index in [0.717, 1.165) is 23.9 Å². The molecule has 106 valence electrons. The van der Waals surface area contributed by atoms with Gasteiger partial charge in [0.25, 0.3) is 0 Å². The molecule has 2 bridgehead atoms. The number of nitrogens with zero attached hydrogens (tertiary/aromatic N) is 1. The lowest BCUT2D eigenvalue weighted by molar-refractivity contribution is 0.0342. The van der Waals surface area contributed by atoms with Crippen LogP contribution < -0.4 is 0 Å². The molecule has 2 heterocycles. The Bertz CT molecular complexity index is 290. The summed E-state index contributed by atoms with van der Waals surface area (Å²) in [6.45, 7) is 19.6. The predicted molar refractivity (Wildman–Crippen MR) is 79.7 cm³/mol. The van der Waals surface area contributed by atoms with Crippen LogP contribution >= 0.6 is 0 Å². The summed E-state index contributed by atoms with van der Waals surface area (Å²) in [6, 6.07) is 2.24. The predicted octanol–water partition coefficient (Wildman–Crippen LogP) is 4.57. The number of fused-ring (bicyclic) bond motifs is 2. The quantitative estimate of drug-likeness (QED) is 0.695. The molecular formula is C17H33N. The summed E-state index contributed by atoms with van der Waals surface area (Å²) in [5.74, 6) is 1.77. The minimum atomic E-state index is 0.436. The maximum absolute atomic E-state index is 2.85. The van der Waals surface area contributed by atoms with Gasteiger partial charge in [0.2, 0.25) is 0 Å². The highest BCUT2D eigenvalue weighted by molar-refractivity contribution is 5.14. The fourth-order valence-electron chi connectivity index (χ4n) is 4.59. The topological polar surface area (TPSA) is 3.24 Å². The van der Waals surface area contributed by atoms with Crippen LogP contribution in [0.25, 0.3) is 0 Å². The lowest BCUT2D eigenvalue weighted by atomic mass is 9.65. The Morgan fingerprint density at radius 2 is 1.22 bits per heavy atom. The van der Waals surface area contributed by atoms with Crippen molar-refractivity contribution in [2.24, 2.45) is 22.7 Å². The molecule has 0 radical (unpaired) electrons. The van der Waals surface area contributed by atoms with E-state index in [0.29, 0.717) is 16.9 Å². The molecule has 2 aliphatic rings. The van der Waals surface area contributed by atoms with Crippen LogP contribution in [0.3, 0.4) is 0 Å². The van der Waals surface area contributed by atoms with Gasteiger partial charge in [0.1, 0.15) is 0 Å². The van der Waals surface area contributed by atoms with Crippen molar-refractivity contribution in [3.63, 3.8) is 0 Å². The average molecular weight is 251 g/mol. The molecule has 0 aliphatic carbocycles. The Morgan fingerprint density at radius 1 is 0.833 bits per heavy atom. The van der Waals surface area contributed by atoms with Crippen LogP contribution in [0.5, 0.6) is 0 Å². The summed E-state index contributed by atoms with van der Waals surface area (Å²) in [5.41, 5.74) is 0.872. The third kappa shape index (κ3) is 1.77. The van der Waals surface area contributed by atoms with E-state index in [1.165, 1.54) is 12.8 Å². The van der Waals surface area contributed by atoms with Gasteiger partial charge in [0.15, 0.2) is 0 Å². The van der Waals surface area contributed by atoms with Gasteiger partial charge >= 0.3 is 0 Å². The second-order valence-electron chi connectivity index (χ2n) is 8.49. The van der Waals surface area contributed by atoms with Crippen molar-refractivity contribution in [2.45, 2.75) is 86.4 Å². The molecule has 2 fully saturated rings. The second kappa shape index (κ2) is 4.23. The monoisotopic (exact) mass is 251 g/mol. The summed E-state index contributed by atoms with van der Waals surface area (Å²) >= 11 is 0. The van der Waals surface area contributed by atoms with Crippen molar-refractivity contribution in [3.8, 4) is 0 Å². The van der Waals surface area contributed by atoms with Crippen molar-refractivity contribution in [1.29, 1.82) is 0 Å². The Kier molecular flexibility index (Phi) is 3.38. The zero-order valence-electron chi connectivity index (χ0n) is 13.7. The largest absolute Gasteiger partial charge is 0.294 e. The van der Waals surface area contributed by atoms with E-state index in [9.17, 15) is 0 Å². The fraction of sp³-hybridized carbons (Fsp3) is 1.00. The van der Waals surface area contributed by atoms with Gasteiger partial charge in [0.05, 0.1) is 0 Å². The first-order chi connectivity index (χ1) is 8.10. The van der Waals surface area contributed by atoms with Gasteiger partial charge in [-0.2, -0.15) is 0 Å². The van der Waals surface area contributed by atoms with Gasteiger partial charge in [-0.15, -0.1) is 0 Å². The van der Waals surface area contributed by atoms with E-state index in [1.54, 1.807) is 0 Å². The normalized spacial score (nSPS) is 38.7. The number of piperidine rings is 1. The van der Waals surface area contributed by atoms with E-state index < -0.39 is 0 Å². The molecule has 2 saturated heterocycles. The first-order valence-corrected chi connectivity index (χ1v) is 7.88. The average Bonchev–Trinajstić information content (AvgIpc) is 2.34. The fourth-order valence-corrected chi connectivity index (χ4v) is 4.59. The molecule has 0 aromatic heterocycles. The third-order valence-electron chi connectivity index (χ3n) is 6.64. The van der Waals surface area contributed by atoms with Crippen molar-refractivity contribution < 1.29 is 0 Å². The first kappa shape index (κ1) is 14.4. The van der Waals surface area contributed by atoms with Crippen LogP contribution in [0.4, 0.5) is 0 Å². The third-order valence-corrected chi connectivity index (χ3v) is 6.64. The molecule has 2 unspecified atom stereocenters. The summed E-state index contributed by atoms with van der Waals surface area (Å²) in [7, 11) is 0. The van der Waals surface area contributed by atoms with E-state index >= 15 is 0 Å². The number of hydrogen-bond donors (Lipinski definition) is 0. The minimum Gasteiger partial charge on any atom is -0.294 e. The summed E-state index contributed by atoms with van der Waals surface area (Å²) in [5, 5.41) is 0. The molecule has 2 atom stereocenters. The molecule has 0 aromatic rings. The van der Waals surface area contributed by atoms with Gasteiger partial charge in [-0.05, 0) is 49.4 Å². The van der Waals surface area contributed by atoms with Gasteiger partial charge < -0.3 is 0 Å². The summed E-state index contributed by atoms with van der Waals surface area (Å²) in [6.07, 6.45) is 2.81. The van der Waals surface area contributed by atoms with E-state index in [2.05, 4.69) is 60.3 Å². The maximum Gasteiger partial charge on any atom is 0.0161 e. The zero-order valence-corrected chi connectivity index (χ0v) is 13.7. The molecule has 1 heteroatoms. The van der Waals surface area contributed by atoms with Crippen LogP contribution in [-0.4, -0.2) is 23.0 Å². The van der Waals surface area contributed by atoms with E-state index in [-0.39, 0.29) is 0 Å². The molecule has 18 heavy (non-hydrogen) atoms. The molecule has 1 nitrogen and oxygen atoms in total. The molecule has 0 N–H and O–H groups in total. The number of rotatable bonds is 2. The maximum atomic E-state index is 2.85. The SMILES string of the molecule is CC(C)C1CC2N(C(C)C)C(C1)C(C)(C)C2(C)C. The van der Waals surface area contributed by atoms with Crippen LogP contribution in [0.2, 0.25) is 0 Å². The first-order valence-electron chi connectivity index (χ1n) is 7.88. The standard InChI is InChI=1S/C17H33N/c1-11(2)13-9-14-16(5,6)17(7,8)15(10-13)18(14)12(3)4/h11-15H,9-10H2,1-8H3. The van der Waals surface area contributed by atoms with Gasteiger partial charge in [0, 0.05) is 18.1 Å². The van der Waals surface area contributed by atoms with Crippen molar-refractivity contribution in [3.05, 3.63) is 0 Å². The van der Waals surface area contributed by atoms with Crippen LogP contribution in [0, 0.1) is 22.7 Å². The summed E-state index contributed by atoms with van der Waals surface area (Å²) in [4.78, 5) is 2.85. The van der Waals surface area contributed by atoms with E-state index in [1.807, 2.05) is 0 Å². The zero-order chi connectivity index (χ0) is 13.9. The Hall–Kier alpha value is -0.0400. The Labute approximate surface area is 114 Å². The van der Waals surface area contributed by atoms with Gasteiger partial charge in [-0.1, -0.05) is 41.5 Å². The smallest absolute Gasteiger partial charge is 0.0161 e. The van der Waals surface area contributed by atoms with Crippen molar-refractivity contribution in [2.75, 3.05) is 0 Å². The minimum absolute atomic E-state index is 0.436. The molecule has 2 aliphatic heterocycles. The van der Waals surface area contributed by atoms with Gasteiger partial charge in [-0.25, -0.2) is 0 Å². The van der Waals surface area contributed by atoms with Crippen LogP contribution in [-0.2, 0) is 0 Å². The summed E-state index contributed by atoms with van der Waals surface area (Å²) < 4.78 is 0. The molecule has 0 saturated carbocycles. The highest BCUT2D eigenvalue weighted by Gasteiger charge is 2.62. The molecule has 2 rings (SSSR count). The van der Waals surface area contributed by atoms with Crippen LogP contribution in [0.15, 0.2) is 0 Å². The van der Waals surface area contributed by atoms with Crippen LogP contribution in [0.1, 0.15) is 68.2 Å².